The predicted molar refractivity (Wildman–Crippen MR) is 111 cm³/mol. The van der Waals surface area contributed by atoms with E-state index in [1.807, 2.05) is 24.4 Å². The van der Waals surface area contributed by atoms with E-state index in [-0.39, 0.29) is 11.2 Å². The lowest BCUT2D eigenvalue weighted by atomic mass is 10.1. The van der Waals surface area contributed by atoms with Crippen LogP contribution in [-0.2, 0) is 19.1 Å². The highest BCUT2D eigenvalue weighted by molar-refractivity contribution is 5.97. The van der Waals surface area contributed by atoms with Crippen molar-refractivity contribution in [1.29, 1.82) is 0 Å². The largest absolute Gasteiger partial charge is 0.416 e. The standard InChI is InChI=1S/C22H21F3N4O/c1-2-13-5-3-6-15-16(12-29(20(13)15)10-4-9-26)19-21(30)28-18-11-14(22(23,24)25)7-8-17(18)27-19/h3,5-8,11-12H,2,4,9-10,26H2,1H3,(H,28,30). The number of alkyl halides is 3. The van der Waals surface area contributed by atoms with Gasteiger partial charge in [0.15, 0.2) is 0 Å². The van der Waals surface area contributed by atoms with Gasteiger partial charge in [0.25, 0.3) is 5.56 Å². The van der Waals surface area contributed by atoms with Crippen LogP contribution in [0.5, 0.6) is 0 Å². The number of H-pyrrole nitrogens is 1. The number of aromatic amines is 1. The number of fused-ring (bicyclic) bond motifs is 2. The summed E-state index contributed by atoms with van der Waals surface area (Å²) in [7, 11) is 0. The summed E-state index contributed by atoms with van der Waals surface area (Å²) in [5.41, 5.74) is 7.68. The van der Waals surface area contributed by atoms with Gasteiger partial charge >= 0.3 is 6.18 Å². The first-order chi connectivity index (χ1) is 14.3. The minimum Gasteiger partial charge on any atom is -0.347 e. The second-order valence-corrected chi connectivity index (χ2v) is 7.19. The van der Waals surface area contributed by atoms with Gasteiger partial charge in [0.1, 0.15) is 5.69 Å². The van der Waals surface area contributed by atoms with Crippen molar-refractivity contribution in [3.63, 3.8) is 0 Å². The van der Waals surface area contributed by atoms with E-state index in [0.717, 1.165) is 41.4 Å². The average Bonchev–Trinajstić information content (AvgIpc) is 3.09. The number of aromatic nitrogens is 3. The molecule has 0 radical (unpaired) electrons. The molecule has 0 saturated carbocycles. The van der Waals surface area contributed by atoms with Crippen LogP contribution in [0.4, 0.5) is 13.2 Å². The number of aryl methyl sites for hydroxylation is 2. The molecular weight excluding hydrogens is 393 g/mol. The van der Waals surface area contributed by atoms with Gasteiger partial charge < -0.3 is 15.3 Å². The Bertz CT molecular complexity index is 1290. The summed E-state index contributed by atoms with van der Waals surface area (Å²) in [5.74, 6) is 0. The van der Waals surface area contributed by atoms with E-state index in [0.29, 0.717) is 24.2 Å². The molecule has 0 aliphatic heterocycles. The van der Waals surface area contributed by atoms with Gasteiger partial charge in [-0.1, -0.05) is 25.1 Å². The van der Waals surface area contributed by atoms with Crippen molar-refractivity contribution in [3.05, 3.63) is 64.1 Å². The minimum absolute atomic E-state index is 0.0553. The Balaban J connectivity index is 1.93. The first kappa shape index (κ1) is 20.2. The van der Waals surface area contributed by atoms with Crippen molar-refractivity contribution in [2.24, 2.45) is 5.73 Å². The summed E-state index contributed by atoms with van der Waals surface area (Å²) in [5, 5.41) is 0.885. The normalized spacial score (nSPS) is 12.2. The fourth-order valence-corrected chi connectivity index (χ4v) is 3.80. The summed E-state index contributed by atoms with van der Waals surface area (Å²) in [6.07, 6.45) is -1.00. The molecule has 4 aromatic rings. The molecule has 8 heteroatoms. The number of hydrogen-bond donors (Lipinski definition) is 2. The highest BCUT2D eigenvalue weighted by Crippen LogP contribution is 2.33. The number of nitrogens with two attached hydrogens (primary N) is 1. The van der Waals surface area contributed by atoms with Crippen LogP contribution in [0.2, 0.25) is 0 Å². The Morgan fingerprint density at radius 2 is 2.00 bits per heavy atom. The van der Waals surface area contributed by atoms with Crippen LogP contribution in [0.1, 0.15) is 24.5 Å². The van der Waals surface area contributed by atoms with Gasteiger partial charge in [-0.3, -0.25) is 4.79 Å². The van der Waals surface area contributed by atoms with Crippen LogP contribution in [0.25, 0.3) is 33.2 Å². The van der Waals surface area contributed by atoms with Crippen molar-refractivity contribution < 1.29 is 13.2 Å². The lowest BCUT2D eigenvalue weighted by Gasteiger charge is -2.08. The lowest BCUT2D eigenvalue weighted by molar-refractivity contribution is -0.137. The average molecular weight is 414 g/mol. The first-order valence-electron chi connectivity index (χ1n) is 9.76. The van der Waals surface area contributed by atoms with E-state index in [1.165, 1.54) is 6.07 Å². The quantitative estimate of drug-likeness (QED) is 0.506. The third-order valence-corrected chi connectivity index (χ3v) is 5.24. The molecule has 2 aromatic carbocycles. The van der Waals surface area contributed by atoms with Crippen molar-refractivity contribution in [1.82, 2.24) is 14.5 Å². The Morgan fingerprint density at radius 1 is 1.20 bits per heavy atom. The van der Waals surface area contributed by atoms with Gasteiger partial charge in [0.05, 0.1) is 22.1 Å². The number of hydrogen-bond acceptors (Lipinski definition) is 3. The smallest absolute Gasteiger partial charge is 0.347 e. The SMILES string of the molecule is CCc1cccc2c(-c3nc4ccc(C(F)(F)F)cc4[nH]c3=O)cn(CCCN)c12. The number of nitrogens with zero attached hydrogens (tertiary/aromatic N) is 2. The number of rotatable bonds is 5. The third kappa shape index (κ3) is 3.47. The van der Waals surface area contributed by atoms with Crippen molar-refractivity contribution in [3.8, 4) is 11.3 Å². The molecule has 0 saturated heterocycles. The maximum absolute atomic E-state index is 13.0. The Morgan fingerprint density at radius 3 is 2.70 bits per heavy atom. The zero-order valence-electron chi connectivity index (χ0n) is 16.4. The molecule has 4 rings (SSSR count). The van der Waals surface area contributed by atoms with E-state index >= 15 is 0 Å². The summed E-state index contributed by atoms with van der Waals surface area (Å²) in [4.78, 5) is 19.8. The highest BCUT2D eigenvalue weighted by Gasteiger charge is 2.30. The molecule has 3 N–H and O–H groups in total. The fourth-order valence-electron chi connectivity index (χ4n) is 3.80. The monoisotopic (exact) mass is 414 g/mol. The van der Waals surface area contributed by atoms with Crippen LogP contribution in [0, 0.1) is 0 Å². The maximum Gasteiger partial charge on any atom is 0.416 e. The topological polar surface area (TPSA) is 76.7 Å². The van der Waals surface area contributed by atoms with Crippen LogP contribution in [0.15, 0.2) is 47.4 Å². The molecule has 2 heterocycles. The molecule has 0 spiro atoms. The van der Waals surface area contributed by atoms with Crippen molar-refractivity contribution >= 4 is 21.9 Å². The third-order valence-electron chi connectivity index (χ3n) is 5.24. The Kier molecular flexibility index (Phi) is 5.11. The molecule has 30 heavy (non-hydrogen) atoms. The van der Waals surface area contributed by atoms with Gasteiger partial charge in [-0.2, -0.15) is 13.2 Å². The summed E-state index contributed by atoms with van der Waals surface area (Å²) < 4.78 is 41.0. The van der Waals surface area contributed by atoms with Gasteiger partial charge in [-0.15, -0.1) is 0 Å². The predicted octanol–water partition coefficient (Wildman–Crippen LogP) is 4.47. The van der Waals surface area contributed by atoms with Crippen LogP contribution >= 0.6 is 0 Å². The Labute approximate surface area is 170 Å². The summed E-state index contributed by atoms with van der Waals surface area (Å²) in [6.45, 7) is 3.30. The zero-order chi connectivity index (χ0) is 21.5. The molecule has 0 fully saturated rings. The molecule has 0 amide bonds. The highest BCUT2D eigenvalue weighted by atomic mass is 19.4. The minimum atomic E-state index is -4.49. The van der Waals surface area contributed by atoms with Gasteiger partial charge in [-0.05, 0) is 43.1 Å². The molecule has 0 atom stereocenters. The molecule has 0 unspecified atom stereocenters. The lowest BCUT2D eigenvalue weighted by Crippen LogP contribution is -2.12. The van der Waals surface area contributed by atoms with E-state index in [1.54, 1.807) is 0 Å². The zero-order valence-corrected chi connectivity index (χ0v) is 16.4. The maximum atomic E-state index is 13.0. The fraction of sp³-hybridized carbons (Fsp3) is 0.273. The number of benzene rings is 2. The van der Waals surface area contributed by atoms with Crippen LogP contribution in [0.3, 0.4) is 0 Å². The Hall–Kier alpha value is -3.13. The van der Waals surface area contributed by atoms with E-state index in [4.69, 9.17) is 5.73 Å². The van der Waals surface area contributed by atoms with E-state index in [9.17, 15) is 18.0 Å². The first-order valence-corrected chi connectivity index (χ1v) is 9.76. The molecule has 0 aliphatic carbocycles. The molecule has 156 valence electrons. The number of nitrogens with one attached hydrogen (secondary N) is 1. The van der Waals surface area contributed by atoms with Crippen molar-refractivity contribution in [2.45, 2.75) is 32.5 Å². The molecule has 5 nitrogen and oxygen atoms in total. The molecule has 0 bridgehead atoms. The van der Waals surface area contributed by atoms with E-state index < -0.39 is 17.3 Å². The van der Waals surface area contributed by atoms with Gasteiger partial charge in [0.2, 0.25) is 0 Å². The van der Waals surface area contributed by atoms with E-state index in [2.05, 4.69) is 21.5 Å². The summed E-state index contributed by atoms with van der Waals surface area (Å²) >= 11 is 0. The number of halogens is 3. The molecular formula is C22H21F3N4O. The van der Waals surface area contributed by atoms with Crippen LogP contribution < -0.4 is 11.3 Å². The molecule has 0 aliphatic rings. The second-order valence-electron chi connectivity index (χ2n) is 7.19. The molecule has 2 aromatic heterocycles. The van der Waals surface area contributed by atoms with Gasteiger partial charge in [-0.25, -0.2) is 4.98 Å². The summed E-state index contributed by atoms with van der Waals surface area (Å²) in [6, 6.07) is 9.07. The second kappa shape index (κ2) is 7.60. The number of para-hydroxylation sites is 1. The van der Waals surface area contributed by atoms with Crippen molar-refractivity contribution in [2.75, 3.05) is 6.54 Å². The van der Waals surface area contributed by atoms with Gasteiger partial charge in [0, 0.05) is 23.7 Å². The van der Waals surface area contributed by atoms with Crippen LogP contribution in [-0.4, -0.2) is 21.1 Å².